The van der Waals surface area contributed by atoms with E-state index in [9.17, 15) is 15.2 Å². The number of morpholine rings is 1. The minimum Gasteiger partial charge on any atom is -0.389 e. The maximum Gasteiger partial charge on any atom is 0.292 e. The van der Waals surface area contributed by atoms with Gasteiger partial charge in [-0.1, -0.05) is 6.07 Å². The third kappa shape index (κ3) is 2.61. The molecule has 21 heavy (non-hydrogen) atoms. The number of fused-ring (bicyclic) bond motifs is 1. The van der Waals surface area contributed by atoms with Gasteiger partial charge in [0.25, 0.3) is 5.69 Å². The van der Waals surface area contributed by atoms with Gasteiger partial charge >= 0.3 is 0 Å². The number of ether oxygens (including phenoxy) is 1. The van der Waals surface area contributed by atoms with Crippen LogP contribution in [0.25, 0.3) is 0 Å². The third-order valence-electron chi connectivity index (χ3n) is 4.47. The van der Waals surface area contributed by atoms with E-state index in [0.717, 1.165) is 19.3 Å². The fraction of sp³-hybridized carbons (Fsp3) is 0.600. The normalized spacial score (nSPS) is 26.5. The minimum atomic E-state index is -0.707. The van der Waals surface area contributed by atoms with Crippen LogP contribution >= 0.6 is 0 Å². The second kappa shape index (κ2) is 5.61. The first-order valence-corrected chi connectivity index (χ1v) is 7.42. The Morgan fingerprint density at radius 2 is 2.29 bits per heavy atom. The van der Waals surface area contributed by atoms with Gasteiger partial charge in [0.15, 0.2) is 0 Å². The second-order valence-electron chi connectivity index (χ2n) is 5.78. The van der Waals surface area contributed by atoms with E-state index in [1.165, 1.54) is 6.07 Å². The van der Waals surface area contributed by atoms with Crippen LogP contribution in [0, 0.1) is 10.1 Å². The Hall–Kier alpha value is -1.66. The molecule has 0 radical (unpaired) electrons. The van der Waals surface area contributed by atoms with Crippen molar-refractivity contribution in [2.75, 3.05) is 18.1 Å². The molecule has 2 fully saturated rings. The summed E-state index contributed by atoms with van der Waals surface area (Å²) in [6, 6.07) is 5.25. The van der Waals surface area contributed by atoms with Crippen LogP contribution in [-0.2, 0) is 4.74 Å². The fourth-order valence-corrected chi connectivity index (χ4v) is 3.41. The maximum absolute atomic E-state index is 11.4. The van der Waals surface area contributed by atoms with Gasteiger partial charge in [0.2, 0.25) is 0 Å². The zero-order valence-electron chi connectivity index (χ0n) is 12.1. The third-order valence-corrected chi connectivity index (χ3v) is 4.47. The highest BCUT2D eigenvalue weighted by Crippen LogP contribution is 2.38. The summed E-state index contributed by atoms with van der Waals surface area (Å²) in [7, 11) is 0. The van der Waals surface area contributed by atoms with Crippen molar-refractivity contribution in [1.29, 1.82) is 0 Å². The van der Waals surface area contributed by atoms with Gasteiger partial charge in [-0.25, -0.2) is 0 Å². The summed E-state index contributed by atoms with van der Waals surface area (Å²) >= 11 is 0. The molecule has 3 rings (SSSR count). The number of aliphatic hydroxyl groups excluding tert-OH is 1. The molecule has 0 spiro atoms. The Kier molecular flexibility index (Phi) is 3.82. The van der Waals surface area contributed by atoms with Crippen LogP contribution in [0.15, 0.2) is 18.2 Å². The summed E-state index contributed by atoms with van der Waals surface area (Å²) < 4.78 is 5.76. The standard InChI is InChI=1S/C15H20N2O4/c1-10(18)11-5-6-12(14(9-11)17(19)20)16-7-8-21-15-4-2-3-13(15)16/h5-6,9-10,13,15,18H,2-4,7-8H2,1H3/t10-,13?,15?/m1/s1. The van der Waals surface area contributed by atoms with Crippen molar-refractivity contribution in [3.8, 4) is 0 Å². The Bertz CT molecular complexity index is 546. The van der Waals surface area contributed by atoms with Crippen LogP contribution in [0.4, 0.5) is 11.4 Å². The van der Waals surface area contributed by atoms with Crippen LogP contribution in [0.5, 0.6) is 0 Å². The molecular weight excluding hydrogens is 272 g/mol. The number of hydrogen-bond donors (Lipinski definition) is 1. The van der Waals surface area contributed by atoms with E-state index in [1.54, 1.807) is 19.1 Å². The van der Waals surface area contributed by atoms with Crippen molar-refractivity contribution in [3.05, 3.63) is 33.9 Å². The van der Waals surface area contributed by atoms with Crippen LogP contribution in [0.3, 0.4) is 0 Å². The highest BCUT2D eigenvalue weighted by Gasteiger charge is 2.38. The van der Waals surface area contributed by atoms with Crippen molar-refractivity contribution in [2.45, 2.75) is 44.4 Å². The van der Waals surface area contributed by atoms with Gasteiger partial charge in [-0.2, -0.15) is 0 Å². The first-order valence-electron chi connectivity index (χ1n) is 7.42. The molecule has 1 saturated carbocycles. The monoisotopic (exact) mass is 292 g/mol. The van der Waals surface area contributed by atoms with Crippen LogP contribution in [-0.4, -0.2) is 35.3 Å². The molecule has 0 bridgehead atoms. The molecule has 3 atom stereocenters. The molecule has 6 heteroatoms. The zero-order valence-corrected chi connectivity index (χ0v) is 12.1. The minimum absolute atomic E-state index is 0.0703. The number of benzene rings is 1. The van der Waals surface area contributed by atoms with Crippen molar-refractivity contribution in [3.63, 3.8) is 0 Å². The highest BCUT2D eigenvalue weighted by atomic mass is 16.6. The molecule has 1 saturated heterocycles. The number of nitrogens with zero attached hydrogens (tertiary/aromatic N) is 2. The molecule has 2 unspecified atom stereocenters. The average molecular weight is 292 g/mol. The summed E-state index contributed by atoms with van der Waals surface area (Å²) in [6.07, 6.45) is 2.63. The summed E-state index contributed by atoms with van der Waals surface area (Å²) in [6.45, 7) is 2.90. The quantitative estimate of drug-likeness (QED) is 0.684. The molecule has 1 heterocycles. The van der Waals surface area contributed by atoms with E-state index < -0.39 is 6.10 Å². The average Bonchev–Trinajstić information content (AvgIpc) is 2.94. The lowest BCUT2D eigenvalue weighted by molar-refractivity contribution is -0.384. The summed E-state index contributed by atoms with van der Waals surface area (Å²) in [5, 5.41) is 21.0. The molecule has 1 aromatic rings. The molecule has 1 aliphatic carbocycles. The topological polar surface area (TPSA) is 75.8 Å². The SMILES string of the molecule is C[C@@H](O)c1ccc(N2CCOC3CCCC32)c([N+](=O)[O-])c1. The van der Waals surface area contributed by atoms with Crippen LogP contribution < -0.4 is 4.90 Å². The molecule has 0 aromatic heterocycles. The van der Waals surface area contributed by atoms with Crippen molar-refractivity contribution < 1.29 is 14.8 Å². The van der Waals surface area contributed by atoms with Crippen molar-refractivity contribution >= 4 is 11.4 Å². The van der Waals surface area contributed by atoms with E-state index in [0.29, 0.717) is 24.4 Å². The van der Waals surface area contributed by atoms with Crippen molar-refractivity contribution in [1.82, 2.24) is 0 Å². The number of rotatable bonds is 3. The Morgan fingerprint density at radius 1 is 1.48 bits per heavy atom. The first-order chi connectivity index (χ1) is 10.1. The number of hydrogen-bond acceptors (Lipinski definition) is 5. The smallest absolute Gasteiger partial charge is 0.292 e. The van der Waals surface area contributed by atoms with Gasteiger partial charge in [-0.3, -0.25) is 10.1 Å². The summed E-state index contributed by atoms with van der Waals surface area (Å²) in [5.74, 6) is 0. The first kappa shape index (κ1) is 14.3. The van der Waals surface area contributed by atoms with E-state index >= 15 is 0 Å². The van der Waals surface area contributed by atoms with E-state index in [1.807, 2.05) is 0 Å². The van der Waals surface area contributed by atoms with Crippen LogP contribution in [0.2, 0.25) is 0 Å². The maximum atomic E-state index is 11.4. The number of anilines is 1. The molecule has 0 amide bonds. The van der Waals surface area contributed by atoms with Gasteiger partial charge in [-0.05, 0) is 37.8 Å². The lowest BCUT2D eigenvalue weighted by Gasteiger charge is -2.39. The largest absolute Gasteiger partial charge is 0.389 e. The zero-order chi connectivity index (χ0) is 15.0. The molecule has 6 nitrogen and oxygen atoms in total. The number of aliphatic hydroxyl groups is 1. The highest BCUT2D eigenvalue weighted by molar-refractivity contribution is 5.65. The Balaban J connectivity index is 1.98. The van der Waals surface area contributed by atoms with Gasteiger partial charge in [0.05, 0.1) is 29.8 Å². The Labute approximate surface area is 123 Å². The molecule has 1 aliphatic heterocycles. The van der Waals surface area contributed by atoms with Gasteiger partial charge in [0.1, 0.15) is 5.69 Å². The van der Waals surface area contributed by atoms with Crippen LogP contribution in [0.1, 0.15) is 37.9 Å². The number of nitro benzene ring substituents is 1. The van der Waals surface area contributed by atoms with E-state index in [-0.39, 0.29) is 22.8 Å². The molecule has 114 valence electrons. The van der Waals surface area contributed by atoms with Gasteiger partial charge < -0.3 is 14.7 Å². The predicted octanol–water partition coefficient (Wildman–Crippen LogP) is 2.41. The molecular formula is C15H20N2O4. The molecule has 1 aromatic carbocycles. The van der Waals surface area contributed by atoms with Gasteiger partial charge in [0, 0.05) is 12.6 Å². The lowest BCUT2D eigenvalue weighted by atomic mass is 10.1. The summed E-state index contributed by atoms with van der Waals surface area (Å²) in [5.41, 5.74) is 1.28. The Morgan fingerprint density at radius 3 is 3.00 bits per heavy atom. The van der Waals surface area contributed by atoms with Crippen molar-refractivity contribution in [2.24, 2.45) is 0 Å². The summed E-state index contributed by atoms with van der Waals surface area (Å²) in [4.78, 5) is 13.2. The van der Waals surface area contributed by atoms with E-state index in [4.69, 9.17) is 4.74 Å². The van der Waals surface area contributed by atoms with Gasteiger partial charge in [-0.15, -0.1) is 0 Å². The molecule has 2 aliphatic rings. The van der Waals surface area contributed by atoms with E-state index in [2.05, 4.69) is 4.90 Å². The fourth-order valence-electron chi connectivity index (χ4n) is 3.41. The molecule has 1 N–H and O–H groups in total. The predicted molar refractivity (Wildman–Crippen MR) is 78.5 cm³/mol. The lowest BCUT2D eigenvalue weighted by Crippen LogP contribution is -2.48. The number of nitro groups is 1. The second-order valence-corrected chi connectivity index (χ2v) is 5.78.